The first-order valence-electron chi connectivity index (χ1n) is 7.64. The van der Waals surface area contributed by atoms with E-state index in [2.05, 4.69) is 10.0 Å². The second-order valence-corrected chi connectivity index (χ2v) is 6.78. The summed E-state index contributed by atoms with van der Waals surface area (Å²) in [6.07, 6.45) is 1.81. The minimum atomic E-state index is -0.630. The maximum absolute atomic E-state index is 12.6. The van der Waals surface area contributed by atoms with E-state index in [1.165, 1.54) is 4.90 Å². The van der Waals surface area contributed by atoms with Crippen LogP contribution in [-0.2, 0) is 9.53 Å². The summed E-state index contributed by atoms with van der Waals surface area (Å²) in [4.78, 5) is 30.9. The number of rotatable bonds is 2. The molecule has 0 spiro atoms. The maximum atomic E-state index is 12.6. The summed E-state index contributed by atoms with van der Waals surface area (Å²) in [6.45, 7) is 7.02. The van der Waals surface area contributed by atoms with E-state index in [0.717, 1.165) is 25.9 Å². The summed E-state index contributed by atoms with van der Waals surface area (Å²) < 4.78 is 5.37. The third kappa shape index (κ3) is 3.82. The fraction of sp³-hybridized carbons (Fsp3) is 0.857. The average molecular weight is 309 g/mol. The van der Waals surface area contributed by atoms with E-state index in [1.54, 1.807) is 25.7 Å². The Morgan fingerprint density at radius 3 is 2.45 bits per heavy atom. The van der Waals surface area contributed by atoms with E-state index in [9.17, 15) is 9.59 Å². The molecular weight excluding hydrogens is 286 g/mol. The van der Waals surface area contributed by atoms with Crippen LogP contribution < -0.4 is 0 Å². The number of carbonyl (C=O) groups is 2. The van der Waals surface area contributed by atoms with Crippen molar-refractivity contribution in [1.82, 2.24) is 9.80 Å². The van der Waals surface area contributed by atoms with E-state index >= 15 is 0 Å². The lowest BCUT2D eigenvalue weighted by Gasteiger charge is -2.30. The highest BCUT2D eigenvalue weighted by atomic mass is 16.6. The molecule has 0 aromatic rings. The van der Waals surface area contributed by atoms with Gasteiger partial charge in [-0.3, -0.25) is 9.69 Å². The molecule has 0 unspecified atom stereocenters. The first kappa shape index (κ1) is 16.4. The Balaban J connectivity index is 2.13. The highest BCUT2D eigenvalue weighted by Gasteiger charge is 2.43. The lowest BCUT2D eigenvalue weighted by Crippen LogP contribution is -2.48. The summed E-state index contributed by atoms with van der Waals surface area (Å²) in [6, 6.07) is -0.975. The van der Waals surface area contributed by atoms with Crippen molar-refractivity contribution in [2.24, 2.45) is 5.11 Å². The largest absolute Gasteiger partial charge is 0.444 e. The molecule has 0 saturated carbocycles. The van der Waals surface area contributed by atoms with Crippen molar-refractivity contribution in [1.29, 1.82) is 0 Å². The van der Waals surface area contributed by atoms with E-state index in [-0.39, 0.29) is 18.5 Å². The van der Waals surface area contributed by atoms with E-state index in [0.29, 0.717) is 6.42 Å². The zero-order valence-electron chi connectivity index (χ0n) is 13.4. The lowest BCUT2D eigenvalue weighted by atomic mass is 10.1. The molecule has 0 radical (unpaired) electrons. The molecule has 8 heteroatoms. The Morgan fingerprint density at radius 2 is 1.91 bits per heavy atom. The molecule has 0 N–H and O–H groups in total. The Labute approximate surface area is 130 Å². The Bertz CT molecular complexity index is 489. The molecule has 0 aromatic carbocycles. The van der Waals surface area contributed by atoms with Gasteiger partial charge in [-0.2, -0.15) is 0 Å². The smallest absolute Gasteiger partial charge is 0.410 e. The molecular formula is C14H23N5O3. The van der Waals surface area contributed by atoms with Crippen LogP contribution in [0.4, 0.5) is 4.79 Å². The van der Waals surface area contributed by atoms with Gasteiger partial charge >= 0.3 is 6.09 Å². The molecule has 122 valence electrons. The quantitative estimate of drug-likeness (QED) is 0.444. The third-order valence-corrected chi connectivity index (χ3v) is 3.82. The van der Waals surface area contributed by atoms with Gasteiger partial charge in [-0.25, -0.2) is 4.79 Å². The molecule has 2 saturated heterocycles. The molecule has 0 aliphatic carbocycles. The standard InChI is InChI=1S/C14H23N5O3/c1-14(2,3)22-13(21)19-9-10(16-17-15)8-11(19)12(20)18-6-4-5-7-18/h10-11H,4-9H2,1-3H3/t10-,11-/m0/s1. The fourth-order valence-corrected chi connectivity index (χ4v) is 2.88. The van der Waals surface area contributed by atoms with Gasteiger partial charge in [0.05, 0.1) is 6.04 Å². The second kappa shape index (κ2) is 6.44. The monoisotopic (exact) mass is 309 g/mol. The highest BCUT2D eigenvalue weighted by molar-refractivity contribution is 5.86. The molecule has 2 fully saturated rings. The number of ether oxygens (including phenoxy) is 1. The number of hydrogen-bond donors (Lipinski definition) is 0. The van der Waals surface area contributed by atoms with Crippen molar-refractivity contribution < 1.29 is 14.3 Å². The van der Waals surface area contributed by atoms with Crippen LogP contribution in [-0.4, -0.2) is 59.1 Å². The van der Waals surface area contributed by atoms with E-state index in [4.69, 9.17) is 10.3 Å². The van der Waals surface area contributed by atoms with Crippen molar-refractivity contribution in [2.75, 3.05) is 19.6 Å². The first-order chi connectivity index (χ1) is 10.3. The highest BCUT2D eigenvalue weighted by Crippen LogP contribution is 2.26. The van der Waals surface area contributed by atoms with E-state index < -0.39 is 17.7 Å². The number of nitrogens with zero attached hydrogens (tertiary/aromatic N) is 5. The number of carbonyl (C=O) groups excluding carboxylic acids is 2. The van der Waals surface area contributed by atoms with Crippen molar-refractivity contribution in [3.05, 3.63) is 10.4 Å². The van der Waals surface area contributed by atoms with Crippen LogP contribution in [0, 0.1) is 0 Å². The van der Waals surface area contributed by atoms with Gasteiger partial charge in [0.25, 0.3) is 0 Å². The van der Waals surface area contributed by atoms with Crippen LogP contribution in [0.1, 0.15) is 40.0 Å². The van der Waals surface area contributed by atoms with Crippen molar-refractivity contribution in [3.63, 3.8) is 0 Å². The predicted octanol–water partition coefficient (Wildman–Crippen LogP) is 2.30. The molecule has 2 atom stereocenters. The summed E-state index contributed by atoms with van der Waals surface area (Å²) in [5.74, 6) is -0.0704. The third-order valence-electron chi connectivity index (χ3n) is 3.82. The number of azide groups is 1. The molecule has 22 heavy (non-hydrogen) atoms. The fourth-order valence-electron chi connectivity index (χ4n) is 2.88. The van der Waals surface area contributed by atoms with Crippen LogP contribution in [0.5, 0.6) is 0 Å². The minimum Gasteiger partial charge on any atom is -0.444 e. The zero-order chi connectivity index (χ0) is 16.3. The second-order valence-electron chi connectivity index (χ2n) is 6.78. The predicted molar refractivity (Wildman–Crippen MR) is 80.1 cm³/mol. The molecule has 2 rings (SSSR count). The number of hydrogen-bond acceptors (Lipinski definition) is 4. The normalized spacial score (nSPS) is 25.0. The van der Waals surface area contributed by atoms with Gasteiger partial charge in [0, 0.05) is 24.5 Å². The molecule has 2 heterocycles. The van der Waals surface area contributed by atoms with Crippen LogP contribution >= 0.6 is 0 Å². The van der Waals surface area contributed by atoms with Gasteiger partial charge in [-0.15, -0.1) is 0 Å². The van der Waals surface area contributed by atoms with Crippen LogP contribution in [0.2, 0.25) is 0 Å². The van der Waals surface area contributed by atoms with Crippen LogP contribution in [0.3, 0.4) is 0 Å². The number of likely N-dealkylation sites (tertiary alicyclic amines) is 2. The van der Waals surface area contributed by atoms with Crippen molar-refractivity contribution in [3.8, 4) is 0 Å². The lowest BCUT2D eigenvalue weighted by molar-refractivity contribution is -0.134. The summed E-state index contributed by atoms with van der Waals surface area (Å²) in [7, 11) is 0. The molecule has 2 amide bonds. The van der Waals surface area contributed by atoms with Gasteiger partial charge in [0.15, 0.2) is 0 Å². The van der Waals surface area contributed by atoms with Gasteiger partial charge in [-0.1, -0.05) is 5.11 Å². The topological polar surface area (TPSA) is 98.6 Å². The van der Waals surface area contributed by atoms with Gasteiger partial charge in [0.1, 0.15) is 11.6 Å². The maximum Gasteiger partial charge on any atom is 0.410 e. The molecule has 8 nitrogen and oxygen atoms in total. The molecule has 0 aromatic heterocycles. The summed E-state index contributed by atoms with van der Waals surface area (Å²) >= 11 is 0. The Morgan fingerprint density at radius 1 is 1.27 bits per heavy atom. The average Bonchev–Trinajstić information content (AvgIpc) is 3.05. The van der Waals surface area contributed by atoms with Crippen molar-refractivity contribution >= 4 is 12.0 Å². The SMILES string of the molecule is CC(C)(C)OC(=O)N1C[C@@H](N=[N+]=[N-])C[C@H]1C(=O)N1CCCC1. The molecule has 0 bridgehead atoms. The first-order valence-corrected chi connectivity index (χ1v) is 7.64. The van der Waals surface area contributed by atoms with Crippen molar-refractivity contribution in [2.45, 2.75) is 57.7 Å². The Hall–Kier alpha value is -1.95. The van der Waals surface area contributed by atoms with Gasteiger partial charge in [0.2, 0.25) is 5.91 Å². The molecule has 2 aliphatic heterocycles. The Kier molecular flexibility index (Phi) is 4.81. The van der Waals surface area contributed by atoms with Gasteiger partial charge < -0.3 is 9.64 Å². The zero-order valence-corrected chi connectivity index (χ0v) is 13.4. The minimum absolute atomic E-state index is 0.0704. The van der Waals surface area contributed by atoms with Crippen LogP contribution in [0.25, 0.3) is 10.4 Å². The van der Waals surface area contributed by atoms with E-state index in [1.807, 2.05) is 0 Å². The van der Waals surface area contributed by atoms with Crippen LogP contribution in [0.15, 0.2) is 5.11 Å². The number of amides is 2. The molecule has 2 aliphatic rings. The van der Waals surface area contributed by atoms with Gasteiger partial charge in [-0.05, 0) is 45.6 Å². The summed E-state index contributed by atoms with van der Waals surface area (Å²) in [5, 5.41) is 3.67. The summed E-state index contributed by atoms with van der Waals surface area (Å²) in [5.41, 5.74) is 7.97.